The molecule has 66 valence electrons. The molecule has 1 aliphatic rings. The Kier molecular flexibility index (Phi) is 2.82. The molecule has 11 heavy (non-hydrogen) atoms. The molecule has 1 unspecified atom stereocenters. The fourth-order valence-corrected chi connectivity index (χ4v) is 1.67. The van der Waals surface area contributed by atoms with Crippen molar-refractivity contribution in [2.45, 2.75) is 31.6 Å². The summed E-state index contributed by atoms with van der Waals surface area (Å²) >= 11 is 0. The molecule has 0 aromatic rings. The molecule has 0 saturated heterocycles. The van der Waals surface area contributed by atoms with Crippen LogP contribution >= 0.6 is 0 Å². The van der Waals surface area contributed by atoms with Gasteiger partial charge in [-0.05, 0) is 32.9 Å². The van der Waals surface area contributed by atoms with Crippen LogP contribution in [0.3, 0.4) is 0 Å². The molecule has 1 rings (SSSR count). The summed E-state index contributed by atoms with van der Waals surface area (Å²) < 4.78 is 25.8. The van der Waals surface area contributed by atoms with Gasteiger partial charge in [-0.2, -0.15) is 0 Å². The third kappa shape index (κ3) is 2.12. The van der Waals surface area contributed by atoms with Gasteiger partial charge in [-0.25, -0.2) is 8.78 Å². The van der Waals surface area contributed by atoms with E-state index in [-0.39, 0.29) is 12.3 Å². The van der Waals surface area contributed by atoms with Crippen LogP contribution in [0.4, 0.5) is 8.78 Å². The van der Waals surface area contributed by atoms with Crippen molar-refractivity contribution in [1.29, 1.82) is 0 Å². The van der Waals surface area contributed by atoms with E-state index < -0.39 is 5.92 Å². The average Bonchev–Trinajstić information content (AvgIpc) is 2.25. The number of hydrogen-bond donors (Lipinski definition) is 1. The highest BCUT2D eigenvalue weighted by atomic mass is 19.3. The van der Waals surface area contributed by atoms with Crippen molar-refractivity contribution in [3.8, 4) is 0 Å². The lowest BCUT2D eigenvalue weighted by Gasteiger charge is -2.18. The number of hydrogen-bond acceptors (Lipinski definition) is 1. The Morgan fingerprint density at radius 3 is 2.73 bits per heavy atom. The molecule has 0 bridgehead atoms. The predicted octanol–water partition coefficient (Wildman–Crippen LogP) is 2.03. The third-order valence-corrected chi connectivity index (χ3v) is 2.40. The standard InChI is InChI=1S/C8H15F2N/c1-11-6-4-7-3-2-5-8(7,9)10/h7,11H,2-6H2,1H3. The largest absolute Gasteiger partial charge is 0.320 e. The maximum atomic E-state index is 12.9. The SMILES string of the molecule is CNCCC1CCCC1(F)F. The van der Waals surface area contributed by atoms with Crippen molar-refractivity contribution in [1.82, 2.24) is 5.32 Å². The molecule has 3 heteroatoms. The lowest BCUT2D eigenvalue weighted by Crippen LogP contribution is -2.25. The second-order valence-corrected chi connectivity index (χ2v) is 3.24. The summed E-state index contributed by atoms with van der Waals surface area (Å²) in [5.74, 6) is -2.74. The van der Waals surface area contributed by atoms with Crippen LogP contribution in [0.5, 0.6) is 0 Å². The van der Waals surface area contributed by atoms with Gasteiger partial charge in [-0.3, -0.25) is 0 Å². The van der Waals surface area contributed by atoms with Crippen LogP contribution in [0.1, 0.15) is 25.7 Å². The summed E-state index contributed by atoms with van der Waals surface area (Å²) in [7, 11) is 1.80. The Hall–Kier alpha value is -0.180. The minimum Gasteiger partial charge on any atom is -0.320 e. The zero-order chi connectivity index (χ0) is 8.32. The van der Waals surface area contributed by atoms with Crippen molar-refractivity contribution in [2.24, 2.45) is 5.92 Å². The Morgan fingerprint density at radius 1 is 1.55 bits per heavy atom. The molecule has 1 fully saturated rings. The Bertz CT molecular complexity index is 125. The second-order valence-electron chi connectivity index (χ2n) is 3.24. The Balaban J connectivity index is 2.32. The van der Waals surface area contributed by atoms with Gasteiger partial charge in [0.05, 0.1) is 0 Å². The number of nitrogens with one attached hydrogen (secondary N) is 1. The highest BCUT2D eigenvalue weighted by Gasteiger charge is 2.42. The molecule has 1 nitrogen and oxygen atoms in total. The molecule has 1 saturated carbocycles. The molecule has 0 spiro atoms. The van der Waals surface area contributed by atoms with Crippen molar-refractivity contribution >= 4 is 0 Å². The fraction of sp³-hybridized carbons (Fsp3) is 1.00. The van der Waals surface area contributed by atoms with Crippen LogP contribution in [0.2, 0.25) is 0 Å². The number of alkyl halides is 2. The highest BCUT2D eigenvalue weighted by Crippen LogP contribution is 2.41. The zero-order valence-corrected chi connectivity index (χ0v) is 6.87. The summed E-state index contributed by atoms with van der Waals surface area (Å²) in [6.45, 7) is 0.709. The van der Waals surface area contributed by atoms with E-state index in [1.54, 1.807) is 7.05 Å². The summed E-state index contributed by atoms with van der Waals surface area (Å²) in [6.07, 6.45) is 2.11. The number of rotatable bonds is 3. The van der Waals surface area contributed by atoms with E-state index in [9.17, 15) is 8.78 Å². The third-order valence-electron chi connectivity index (χ3n) is 2.40. The van der Waals surface area contributed by atoms with Crippen LogP contribution in [-0.2, 0) is 0 Å². The van der Waals surface area contributed by atoms with Gasteiger partial charge in [0.25, 0.3) is 5.92 Å². The van der Waals surface area contributed by atoms with E-state index >= 15 is 0 Å². The van der Waals surface area contributed by atoms with Gasteiger partial charge in [0.2, 0.25) is 0 Å². The predicted molar refractivity (Wildman–Crippen MR) is 40.8 cm³/mol. The van der Waals surface area contributed by atoms with Gasteiger partial charge in [0.1, 0.15) is 0 Å². The highest BCUT2D eigenvalue weighted by molar-refractivity contribution is 4.84. The van der Waals surface area contributed by atoms with Gasteiger partial charge < -0.3 is 5.32 Å². The summed E-state index contributed by atoms with van der Waals surface area (Å²) in [4.78, 5) is 0. The van der Waals surface area contributed by atoms with E-state index in [1.165, 1.54) is 0 Å². The van der Waals surface area contributed by atoms with Crippen molar-refractivity contribution in [3.63, 3.8) is 0 Å². The van der Waals surface area contributed by atoms with Crippen LogP contribution < -0.4 is 5.32 Å². The fourth-order valence-electron chi connectivity index (χ4n) is 1.67. The molecule has 0 aliphatic heterocycles. The van der Waals surface area contributed by atoms with Gasteiger partial charge in [0, 0.05) is 12.3 Å². The van der Waals surface area contributed by atoms with Crippen LogP contribution in [-0.4, -0.2) is 19.5 Å². The van der Waals surface area contributed by atoms with E-state index in [0.717, 1.165) is 0 Å². The van der Waals surface area contributed by atoms with Gasteiger partial charge in [-0.1, -0.05) is 0 Å². The molecule has 0 aromatic heterocycles. The van der Waals surface area contributed by atoms with Gasteiger partial charge >= 0.3 is 0 Å². The monoisotopic (exact) mass is 163 g/mol. The first kappa shape index (κ1) is 8.91. The first-order valence-electron chi connectivity index (χ1n) is 4.19. The minimum absolute atomic E-state index is 0.0986. The zero-order valence-electron chi connectivity index (χ0n) is 6.87. The lowest BCUT2D eigenvalue weighted by atomic mass is 10.0. The molecule has 0 heterocycles. The molecule has 1 aliphatic carbocycles. The van der Waals surface area contributed by atoms with E-state index in [2.05, 4.69) is 5.32 Å². The maximum absolute atomic E-state index is 12.9. The van der Waals surface area contributed by atoms with Gasteiger partial charge in [0.15, 0.2) is 0 Å². The average molecular weight is 163 g/mol. The van der Waals surface area contributed by atoms with Crippen molar-refractivity contribution in [3.05, 3.63) is 0 Å². The molecule has 0 amide bonds. The summed E-state index contributed by atoms with van der Waals surface area (Å²) in [6, 6.07) is 0. The van der Waals surface area contributed by atoms with Crippen molar-refractivity contribution in [2.75, 3.05) is 13.6 Å². The van der Waals surface area contributed by atoms with Crippen LogP contribution in [0.25, 0.3) is 0 Å². The minimum atomic E-state index is -2.38. The van der Waals surface area contributed by atoms with Crippen LogP contribution in [0, 0.1) is 5.92 Å². The Labute approximate surface area is 66.2 Å². The molecule has 1 N–H and O–H groups in total. The first-order chi connectivity index (χ1) is 5.17. The van der Waals surface area contributed by atoms with Gasteiger partial charge in [-0.15, -0.1) is 0 Å². The normalized spacial score (nSPS) is 29.2. The molecule has 1 atom stereocenters. The van der Waals surface area contributed by atoms with E-state index in [4.69, 9.17) is 0 Å². The lowest BCUT2D eigenvalue weighted by molar-refractivity contribution is -0.0389. The van der Waals surface area contributed by atoms with E-state index in [1.807, 2.05) is 0 Å². The molecule has 0 radical (unpaired) electrons. The quantitative estimate of drug-likeness (QED) is 0.671. The maximum Gasteiger partial charge on any atom is 0.250 e. The molecular formula is C8H15F2N. The second kappa shape index (κ2) is 3.48. The summed E-state index contributed by atoms with van der Waals surface area (Å²) in [5, 5.41) is 2.90. The summed E-state index contributed by atoms with van der Waals surface area (Å²) in [5.41, 5.74) is 0. The van der Waals surface area contributed by atoms with E-state index in [0.29, 0.717) is 25.8 Å². The topological polar surface area (TPSA) is 12.0 Å². The Morgan fingerprint density at radius 2 is 2.27 bits per heavy atom. The first-order valence-corrected chi connectivity index (χ1v) is 4.19. The van der Waals surface area contributed by atoms with Crippen molar-refractivity contribution < 1.29 is 8.78 Å². The molecular weight excluding hydrogens is 148 g/mol. The van der Waals surface area contributed by atoms with Crippen LogP contribution in [0.15, 0.2) is 0 Å². The molecule has 0 aromatic carbocycles. The smallest absolute Gasteiger partial charge is 0.250 e. The number of halogens is 2.